The second-order valence-corrected chi connectivity index (χ2v) is 5.22. The Morgan fingerprint density at radius 1 is 1.35 bits per heavy atom. The van der Waals surface area contributed by atoms with Gasteiger partial charge in [-0.05, 0) is 6.07 Å². The van der Waals surface area contributed by atoms with E-state index in [2.05, 4.69) is 10.2 Å². The van der Waals surface area contributed by atoms with Crippen LogP contribution in [0.3, 0.4) is 0 Å². The van der Waals surface area contributed by atoms with Gasteiger partial charge in [0.1, 0.15) is 5.82 Å². The number of hydrogen-bond donors (Lipinski definition) is 2. The number of nitro groups is 1. The first kappa shape index (κ1) is 13.9. The smallest absolute Gasteiger partial charge is 0.269 e. The Labute approximate surface area is 110 Å². The molecule has 2 rings (SSSR count). The zero-order chi connectivity index (χ0) is 14.9. The van der Waals surface area contributed by atoms with Crippen LogP contribution in [-0.4, -0.2) is 23.5 Å². The Hall–Kier alpha value is -2.56. The lowest BCUT2D eigenvalue weighted by Gasteiger charge is -2.08. The number of aromatic amines is 1. The monoisotopic (exact) mass is 304 g/mol. The summed E-state index contributed by atoms with van der Waals surface area (Å²) in [5.74, 6) is -2.60. The quantitative estimate of drug-likeness (QED) is 0.653. The molecule has 11 heteroatoms. The van der Waals surface area contributed by atoms with Crippen LogP contribution in [-0.2, 0) is 10.0 Å². The number of halogens is 2. The van der Waals surface area contributed by atoms with Crippen LogP contribution in [0.15, 0.2) is 29.4 Å². The molecule has 0 saturated heterocycles. The van der Waals surface area contributed by atoms with Crippen molar-refractivity contribution in [3.05, 3.63) is 46.1 Å². The molecule has 0 bridgehead atoms. The summed E-state index contributed by atoms with van der Waals surface area (Å²) in [5.41, 5.74) is -1.99. The molecule has 20 heavy (non-hydrogen) atoms. The molecule has 0 aliphatic heterocycles. The number of nitrogens with zero attached hydrogens (tertiary/aromatic N) is 2. The second kappa shape index (κ2) is 4.85. The summed E-state index contributed by atoms with van der Waals surface area (Å²) >= 11 is 0. The van der Waals surface area contributed by atoms with Crippen molar-refractivity contribution in [3.63, 3.8) is 0 Å². The van der Waals surface area contributed by atoms with Crippen molar-refractivity contribution >= 4 is 21.4 Å². The van der Waals surface area contributed by atoms with Gasteiger partial charge in [0.05, 0.1) is 17.2 Å². The van der Waals surface area contributed by atoms with E-state index in [-0.39, 0.29) is 0 Å². The van der Waals surface area contributed by atoms with E-state index >= 15 is 0 Å². The van der Waals surface area contributed by atoms with E-state index in [4.69, 9.17) is 0 Å². The van der Waals surface area contributed by atoms with Gasteiger partial charge in [0.2, 0.25) is 0 Å². The zero-order valence-electron chi connectivity index (χ0n) is 9.50. The average Bonchev–Trinajstić information content (AvgIpc) is 2.86. The first-order chi connectivity index (χ1) is 9.31. The van der Waals surface area contributed by atoms with Crippen LogP contribution < -0.4 is 4.72 Å². The van der Waals surface area contributed by atoms with Crippen LogP contribution in [0.5, 0.6) is 0 Å². The predicted molar refractivity (Wildman–Crippen MR) is 62.4 cm³/mol. The van der Waals surface area contributed by atoms with Gasteiger partial charge in [0, 0.05) is 6.07 Å². The van der Waals surface area contributed by atoms with Crippen LogP contribution >= 0.6 is 0 Å². The molecule has 8 nitrogen and oxygen atoms in total. The van der Waals surface area contributed by atoms with Gasteiger partial charge < -0.3 is 0 Å². The Morgan fingerprint density at radius 2 is 2.05 bits per heavy atom. The molecule has 0 fully saturated rings. The number of benzene rings is 1. The fourth-order valence-electron chi connectivity index (χ4n) is 1.39. The topological polar surface area (TPSA) is 118 Å². The lowest BCUT2D eigenvalue weighted by atomic mass is 10.2. The first-order valence-electron chi connectivity index (χ1n) is 4.97. The number of hydrogen-bond acceptors (Lipinski definition) is 5. The largest absolute Gasteiger partial charge is 0.299 e. The van der Waals surface area contributed by atoms with Crippen LogP contribution in [0.25, 0.3) is 0 Å². The van der Waals surface area contributed by atoms with Gasteiger partial charge in [-0.1, -0.05) is 0 Å². The molecule has 1 aromatic carbocycles. The third-order valence-electron chi connectivity index (χ3n) is 2.23. The van der Waals surface area contributed by atoms with E-state index in [0.717, 1.165) is 12.3 Å². The maximum absolute atomic E-state index is 13.5. The van der Waals surface area contributed by atoms with E-state index in [1.165, 1.54) is 0 Å². The molecular weight excluding hydrogens is 298 g/mol. The van der Waals surface area contributed by atoms with E-state index in [1.54, 1.807) is 4.72 Å². The molecule has 0 unspecified atom stereocenters. The summed E-state index contributed by atoms with van der Waals surface area (Å²) < 4.78 is 51.8. The highest BCUT2D eigenvalue weighted by molar-refractivity contribution is 7.92. The average molecular weight is 304 g/mol. The first-order valence-corrected chi connectivity index (χ1v) is 6.45. The lowest BCUT2D eigenvalue weighted by molar-refractivity contribution is -0.384. The third kappa shape index (κ3) is 2.56. The Kier molecular flexibility index (Phi) is 3.36. The van der Waals surface area contributed by atoms with Crippen LogP contribution in [0.2, 0.25) is 0 Å². The molecule has 1 aromatic heterocycles. The number of nitrogens with one attached hydrogen (secondary N) is 2. The second-order valence-electron chi connectivity index (χ2n) is 3.57. The Morgan fingerprint density at radius 3 is 2.60 bits per heavy atom. The molecule has 0 aliphatic carbocycles. The molecule has 0 atom stereocenters. The van der Waals surface area contributed by atoms with Gasteiger partial charge in [0.25, 0.3) is 15.7 Å². The molecule has 1 heterocycles. The fourth-order valence-corrected chi connectivity index (χ4v) is 2.38. The molecule has 0 aliphatic rings. The highest BCUT2D eigenvalue weighted by Gasteiger charge is 2.26. The minimum Gasteiger partial charge on any atom is -0.269 e. The minimum atomic E-state index is -4.30. The number of H-pyrrole nitrogens is 1. The van der Waals surface area contributed by atoms with Crippen molar-refractivity contribution in [3.8, 4) is 0 Å². The fraction of sp³-hybridized carbons (Fsp3) is 0. The Bertz CT molecular complexity index is 761. The van der Waals surface area contributed by atoms with Gasteiger partial charge >= 0.3 is 0 Å². The van der Waals surface area contributed by atoms with E-state index < -0.39 is 43.0 Å². The molecule has 2 aromatic rings. The Balaban J connectivity index is 2.52. The lowest BCUT2D eigenvalue weighted by Crippen LogP contribution is -2.16. The summed E-state index contributed by atoms with van der Waals surface area (Å²) in [7, 11) is -4.30. The van der Waals surface area contributed by atoms with Crippen molar-refractivity contribution < 1.29 is 22.1 Å². The van der Waals surface area contributed by atoms with Crippen LogP contribution in [0.1, 0.15) is 0 Å². The maximum atomic E-state index is 13.5. The standard InChI is InChI=1S/C9H6F2N4O4S/c10-5-3-6(11)9(7(4-5)15(16)17)14-20(18,19)8-1-2-12-13-8/h1-4,14H,(H,12,13). The van der Waals surface area contributed by atoms with Gasteiger partial charge in [-0.2, -0.15) is 13.5 Å². The van der Waals surface area contributed by atoms with E-state index in [9.17, 15) is 27.3 Å². The van der Waals surface area contributed by atoms with Gasteiger partial charge in [-0.25, -0.2) is 8.78 Å². The molecule has 0 saturated carbocycles. The number of sulfonamides is 1. The summed E-state index contributed by atoms with van der Waals surface area (Å²) in [5, 5.41) is 15.8. The van der Waals surface area contributed by atoms with Crippen molar-refractivity contribution in [2.45, 2.75) is 5.03 Å². The van der Waals surface area contributed by atoms with Crippen molar-refractivity contribution in [2.75, 3.05) is 4.72 Å². The summed E-state index contributed by atoms with van der Waals surface area (Å²) in [6.45, 7) is 0. The van der Waals surface area contributed by atoms with Gasteiger partial charge in [-0.15, -0.1) is 0 Å². The summed E-state index contributed by atoms with van der Waals surface area (Å²) in [4.78, 5) is 9.62. The van der Waals surface area contributed by atoms with E-state index in [0.29, 0.717) is 12.1 Å². The van der Waals surface area contributed by atoms with Crippen molar-refractivity contribution in [1.29, 1.82) is 0 Å². The van der Waals surface area contributed by atoms with Crippen molar-refractivity contribution in [1.82, 2.24) is 10.2 Å². The normalized spacial score (nSPS) is 11.3. The number of rotatable bonds is 4. The highest BCUT2D eigenvalue weighted by Crippen LogP contribution is 2.30. The van der Waals surface area contributed by atoms with Crippen molar-refractivity contribution in [2.24, 2.45) is 0 Å². The summed E-state index contributed by atoms with van der Waals surface area (Å²) in [6.07, 6.45) is 1.13. The maximum Gasteiger partial charge on any atom is 0.299 e. The molecule has 0 spiro atoms. The number of anilines is 1. The number of aromatic nitrogens is 2. The summed E-state index contributed by atoms with van der Waals surface area (Å²) in [6, 6.07) is 1.81. The predicted octanol–water partition coefficient (Wildman–Crippen LogP) is 1.40. The number of nitro benzene ring substituents is 1. The molecule has 106 valence electrons. The third-order valence-corrected chi connectivity index (χ3v) is 3.51. The van der Waals surface area contributed by atoms with E-state index in [1.807, 2.05) is 0 Å². The van der Waals surface area contributed by atoms with Gasteiger partial charge in [0.15, 0.2) is 16.5 Å². The zero-order valence-corrected chi connectivity index (χ0v) is 10.3. The minimum absolute atomic E-state index is 0.331. The van der Waals surface area contributed by atoms with Crippen LogP contribution in [0, 0.1) is 21.7 Å². The molecule has 2 N–H and O–H groups in total. The molecule has 0 radical (unpaired) electrons. The van der Waals surface area contributed by atoms with Crippen LogP contribution in [0.4, 0.5) is 20.2 Å². The molecule has 0 amide bonds. The SMILES string of the molecule is O=[N+]([O-])c1cc(F)cc(F)c1NS(=O)(=O)c1ccn[nH]1. The highest BCUT2D eigenvalue weighted by atomic mass is 32.2. The molecular formula is C9H6F2N4O4S. The van der Waals surface area contributed by atoms with Gasteiger partial charge in [-0.3, -0.25) is 19.9 Å².